The lowest BCUT2D eigenvalue weighted by atomic mass is 9.79. The SMILES string of the molecule is COC(=O)/C(=C/c1ccc(B2OC(C)(C)C(C)(C)O2)cc1)NC(C)=O. The maximum Gasteiger partial charge on any atom is 0.494 e. The summed E-state index contributed by atoms with van der Waals surface area (Å²) in [6.07, 6.45) is 1.56. The van der Waals surface area contributed by atoms with Gasteiger partial charge in [-0.05, 0) is 44.8 Å². The first-order chi connectivity index (χ1) is 11.6. The zero-order valence-electron chi connectivity index (χ0n) is 15.5. The highest BCUT2D eigenvalue weighted by atomic mass is 16.7. The minimum Gasteiger partial charge on any atom is -0.464 e. The van der Waals surface area contributed by atoms with Crippen molar-refractivity contribution in [1.82, 2.24) is 5.32 Å². The Morgan fingerprint density at radius 1 is 1.08 bits per heavy atom. The number of methoxy groups -OCH3 is 1. The molecule has 1 amide bonds. The van der Waals surface area contributed by atoms with Gasteiger partial charge < -0.3 is 19.4 Å². The summed E-state index contributed by atoms with van der Waals surface area (Å²) in [4.78, 5) is 22.9. The second-order valence-corrected chi connectivity index (χ2v) is 6.99. The molecule has 6 nitrogen and oxygen atoms in total. The van der Waals surface area contributed by atoms with Crippen LogP contribution < -0.4 is 10.8 Å². The number of benzene rings is 1. The quantitative estimate of drug-likeness (QED) is 0.510. The molecule has 1 N–H and O–H groups in total. The molecule has 1 heterocycles. The summed E-state index contributed by atoms with van der Waals surface area (Å²) in [5, 5.41) is 2.47. The molecule has 0 aliphatic carbocycles. The lowest BCUT2D eigenvalue weighted by Gasteiger charge is -2.32. The Hall–Kier alpha value is -2.12. The van der Waals surface area contributed by atoms with Gasteiger partial charge in [-0.2, -0.15) is 0 Å². The molecule has 0 atom stereocenters. The van der Waals surface area contributed by atoms with Gasteiger partial charge >= 0.3 is 13.1 Å². The van der Waals surface area contributed by atoms with Crippen molar-refractivity contribution in [3.8, 4) is 0 Å². The van der Waals surface area contributed by atoms with Gasteiger partial charge in [-0.25, -0.2) is 4.79 Å². The van der Waals surface area contributed by atoms with E-state index in [4.69, 9.17) is 9.31 Å². The van der Waals surface area contributed by atoms with Gasteiger partial charge in [-0.1, -0.05) is 24.3 Å². The normalized spacial score (nSPS) is 18.8. The Morgan fingerprint density at radius 3 is 2.04 bits per heavy atom. The van der Waals surface area contributed by atoms with Gasteiger partial charge in [-0.3, -0.25) is 4.79 Å². The number of rotatable bonds is 4. The summed E-state index contributed by atoms with van der Waals surface area (Å²) in [6, 6.07) is 7.39. The third-order valence-electron chi connectivity index (χ3n) is 4.49. The van der Waals surface area contributed by atoms with Crippen molar-refractivity contribution in [1.29, 1.82) is 0 Å². The average molecular weight is 345 g/mol. The number of hydrogen-bond donors (Lipinski definition) is 1. The molecule has 1 aromatic carbocycles. The molecule has 0 radical (unpaired) electrons. The highest BCUT2D eigenvalue weighted by Crippen LogP contribution is 2.36. The van der Waals surface area contributed by atoms with Crippen LogP contribution in [0.15, 0.2) is 30.0 Å². The van der Waals surface area contributed by atoms with Crippen LogP contribution in [-0.4, -0.2) is 37.3 Å². The van der Waals surface area contributed by atoms with Gasteiger partial charge in [0, 0.05) is 6.92 Å². The monoisotopic (exact) mass is 345 g/mol. The lowest BCUT2D eigenvalue weighted by Crippen LogP contribution is -2.41. The molecule has 1 aliphatic heterocycles. The molecule has 1 aliphatic rings. The Labute approximate surface area is 148 Å². The Kier molecular flexibility index (Phi) is 5.39. The largest absolute Gasteiger partial charge is 0.494 e. The second kappa shape index (κ2) is 7.02. The molecule has 7 heteroatoms. The third-order valence-corrected chi connectivity index (χ3v) is 4.49. The van der Waals surface area contributed by atoms with Crippen molar-refractivity contribution in [2.24, 2.45) is 0 Å². The molecular formula is C18H24BNO5. The molecule has 134 valence electrons. The van der Waals surface area contributed by atoms with E-state index in [0.29, 0.717) is 0 Å². The predicted octanol–water partition coefficient (Wildman–Crippen LogP) is 1.64. The highest BCUT2D eigenvalue weighted by molar-refractivity contribution is 6.62. The fourth-order valence-corrected chi connectivity index (χ4v) is 2.34. The smallest absolute Gasteiger partial charge is 0.464 e. The number of carbonyl (C=O) groups excluding carboxylic acids is 2. The summed E-state index contributed by atoms with van der Waals surface area (Å²) < 4.78 is 16.7. The fourth-order valence-electron chi connectivity index (χ4n) is 2.34. The van der Waals surface area contributed by atoms with Gasteiger partial charge in [0.25, 0.3) is 0 Å². The highest BCUT2D eigenvalue weighted by Gasteiger charge is 2.51. The van der Waals surface area contributed by atoms with Crippen LogP contribution in [0.1, 0.15) is 40.2 Å². The Bertz CT molecular complexity index is 678. The summed E-state index contributed by atoms with van der Waals surface area (Å²) in [7, 11) is 0.817. The van der Waals surface area contributed by atoms with Crippen LogP contribution in [0, 0.1) is 0 Å². The molecule has 0 spiro atoms. The molecule has 25 heavy (non-hydrogen) atoms. The van der Waals surface area contributed by atoms with Crippen molar-refractivity contribution in [2.45, 2.75) is 45.8 Å². The first kappa shape index (κ1) is 19.2. The van der Waals surface area contributed by atoms with Gasteiger partial charge in [0.15, 0.2) is 0 Å². The molecule has 0 aromatic heterocycles. The molecule has 1 saturated heterocycles. The van der Waals surface area contributed by atoms with Crippen molar-refractivity contribution in [3.05, 3.63) is 35.5 Å². The average Bonchev–Trinajstić information content (AvgIpc) is 2.74. The van der Waals surface area contributed by atoms with E-state index in [0.717, 1.165) is 11.0 Å². The molecule has 1 fully saturated rings. The minimum absolute atomic E-state index is 0.0818. The molecule has 0 unspecified atom stereocenters. The van der Waals surface area contributed by atoms with Gasteiger partial charge in [0.05, 0.1) is 18.3 Å². The van der Waals surface area contributed by atoms with Crippen molar-refractivity contribution >= 4 is 30.5 Å². The topological polar surface area (TPSA) is 73.9 Å². The number of hydrogen-bond acceptors (Lipinski definition) is 5. The zero-order chi connectivity index (χ0) is 18.8. The van der Waals surface area contributed by atoms with E-state index in [2.05, 4.69) is 10.1 Å². The second-order valence-electron chi connectivity index (χ2n) is 6.99. The molecule has 0 bridgehead atoms. The van der Waals surface area contributed by atoms with E-state index in [9.17, 15) is 9.59 Å². The van der Waals surface area contributed by atoms with Crippen molar-refractivity contribution in [2.75, 3.05) is 7.11 Å². The van der Waals surface area contributed by atoms with Gasteiger partial charge in [-0.15, -0.1) is 0 Å². The maximum absolute atomic E-state index is 11.7. The maximum atomic E-state index is 11.7. The first-order valence-electron chi connectivity index (χ1n) is 8.09. The van der Waals surface area contributed by atoms with Crippen LogP contribution in [0.2, 0.25) is 0 Å². The van der Waals surface area contributed by atoms with E-state index < -0.39 is 24.3 Å². The van der Waals surface area contributed by atoms with E-state index in [1.165, 1.54) is 14.0 Å². The molecule has 0 saturated carbocycles. The Balaban J connectivity index is 2.21. The zero-order valence-corrected chi connectivity index (χ0v) is 15.5. The van der Waals surface area contributed by atoms with Crippen LogP contribution in [0.25, 0.3) is 6.08 Å². The van der Waals surface area contributed by atoms with Crippen LogP contribution in [0.4, 0.5) is 0 Å². The van der Waals surface area contributed by atoms with Crippen molar-refractivity contribution < 1.29 is 23.6 Å². The van der Waals surface area contributed by atoms with E-state index in [1.54, 1.807) is 6.08 Å². The molecule has 1 aromatic rings. The number of ether oxygens (including phenoxy) is 1. The Morgan fingerprint density at radius 2 is 1.60 bits per heavy atom. The minimum atomic E-state index is -0.606. The fraction of sp³-hybridized carbons (Fsp3) is 0.444. The summed E-state index contributed by atoms with van der Waals surface area (Å²) >= 11 is 0. The molecule has 2 rings (SSSR count). The van der Waals surface area contributed by atoms with Crippen LogP contribution in [-0.2, 0) is 23.6 Å². The van der Waals surface area contributed by atoms with Crippen LogP contribution in [0.5, 0.6) is 0 Å². The molecular weight excluding hydrogens is 321 g/mol. The van der Waals surface area contributed by atoms with E-state index in [1.807, 2.05) is 52.0 Å². The number of nitrogens with one attached hydrogen (secondary N) is 1. The van der Waals surface area contributed by atoms with Crippen LogP contribution in [0.3, 0.4) is 0 Å². The lowest BCUT2D eigenvalue weighted by molar-refractivity contribution is -0.137. The predicted molar refractivity (Wildman–Crippen MR) is 96.0 cm³/mol. The number of esters is 1. The third kappa shape index (κ3) is 4.30. The number of amides is 1. The number of carbonyl (C=O) groups is 2. The summed E-state index contributed by atoms with van der Waals surface area (Å²) in [5.41, 5.74) is 0.905. The van der Waals surface area contributed by atoms with Gasteiger partial charge in [0.2, 0.25) is 5.91 Å². The summed E-state index contributed by atoms with van der Waals surface area (Å²) in [5.74, 6) is -0.948. The first-order valence-corrected chi connectivity index (χ1v) is 8.09. The summed E-state index contributed by atoms with van der Waals surface area (Å²) in [6.45, 7) is 9.33. The van der Waals surface area contributed by atoms with E-state index in [-0.39, 0.29) is 11.6 Å². The van der Waals surface area contributed by atoms with E-state index >= 15 is 0 Å². The standard InChI is InChI=1S/C18H24BNO5/c1-12(21)20-15(16(22)23-6)11-13-7-9-14(10-8-13)19-24-17(2,3)18(4,5)25-19/h7-11H,1-6H3,(H,20,21)/b15-11-. The van der Waals surface area contributed by atoms with Crippen molar-refractivity contribution in [3.63, 3.8) is 0 Å². The van der Waals surface area contributed by atoms with Gasteiger partial charge in [0.1, 0.15) is 5.70 Å². The van der Waals surface area contributed by atoms with Crippen LogP contribution >= 0.6 is 0 Å².